The lowest BCUT2D eigenvalue weighted by Gasteiger charge is -2.43. The van der Waals surface area contributed by atoms with Gasteiger partial charge in [-0.2, -0.15) is 0 Å². The highest BCUT2D eigenvalue weighted by Crippen LogP contribution is 2.55. The topological polar surface area (TPSA) is 19.4 Å². The summed E-state index contributed by atoms with van der Waals surface area (Å²) in [6.45, 7) is 9.41. The zero-order chi connectivity index (χ0) is 42.0. The van der Waals surface area contributed by atoms with Crippen LogP contribution in [-0.2, 0) is 10.8 Å². The molecule has 2 aliphatic rings. The Labute approximate surface area is 365 Å². The summed E-state index contributed by atoms with van der Waals surface area (Å²) in [5.74, 6) is 0. The Morgan fingerprint density at radius 3 is 1.00 bits per heavy atom. The fraction of sp³-hybridized carbons (Fsp3) is 0.102. The van der Waals surface area contributed by atoms with Gasteiger partial charge in [0.05, 0.1) is 34.1 Å². The summed E-state index contributed by atoms with van der Waals surface area (Å²) in [6, 6.07) is 77.4. The van der Waals surface area contributed by atoms with E-state index < -0.39 is 0 Å². The van der Waals surface area contributed by atoms with Gasteiger partial charge in [-0.3, -0.25) is 0 Å². The van der Waals surface area contributed by atoms with E-state index >= 15 is 0 Å². The molecule has 3 nitrogen and oxygen atoms in total. The molecule has 8 aromatic carbocycles. The Kier molecular flexibility index (Phi) is 8.83. The van der Waals surface area contributed by atoms with Crippen molar-refractivity contribution < 1.29 is 0 Å². The second-order valence-corrected chi connectivity index (χ2v) is 17.7. The fourth-order valence-corrected chi connectivity index (χ4v) is 10.0. The number of anilines is 6. The van der Waals surface area contributed by atoms with Gasteiger partial charge in [-0.05, 0) is 105 Å². The third-order valence-corrected chi connectivity index (χ3v) is 13.2. The van der Waals surface area contributed by atoms with E-state index in [1.54, 1.807) is 0 Å². The molecule has 62 heavy (non-hydrogen) atoms. The third-order valence-electron chi connectivity index (χ3n) is 13.2. The first kappa shape index (κ1) is 37.5. The van der Waals surface area contributed by atoms with Gasteiger partial charge in [-0.25, -0.2) is 4.98 Å². The molecular formula is C59H47N3. The average Bonchev–Trinajstić information content (AvgIpc) is 3.32. The number of para-hydroxylation sites is 4. The molecule has 3 heterocycles. The highest BCUT2D eigenvalue weighted by atomic mass is 15.2. The van der Waals surface area contributed by atoms with Crippen molar-refractivity contribution in [2.24, 2.45) is 0 Å². The van der Waals surface area contributed by atoms with Crippen molar-refractivity contribution in [3.8, 4) is 44.8 Å². The number of benzene rings is 8. The number of hydrogen-bond donors (Lipinski definition) is 0. The SMILES string of the molecule is CC1(C)c2ccccc2N(c2cc(-c3cccc(-c4cc(-c5ccccc5)nc(-c5ccccc5)c4)c3)cc(N3c4ccccc4C(C)(C)c4ccccc43)c2)c2ccccc21. The molecule has 0 radical (unpaired) electrons. The Balaban J connectivity index is 1.14. The van der Waals surface area contributed by atoms with Crippen molar-refractivity contribution >= 4 is 34.1 Å². The molecule has 0 bridgehead atoms. The minimum absolute atomic E-state index is 0.170. The number of hydrogen-bond acceptors (Lipinski definition) is 3. The van der Waals surface area contributed by atoms with E-state index in [1.807, 2.05) is 0 Å². The van der Waals surface area contributed by atoms with Crippen LogP contribution in [-0.4, -0.2) is 4.98 Å². The van der Waals surface area contributed by atoms with Crippen LogP contribution < -0.4 is 9.80 Å². The van der Waals surface area contributed by atoms with Crippen LogP contribution in [0.1, 0.15) is 49.9 Å². The summed E-state index contributed by atoms with van der Waals surface area (Å²) >= 11 is 0. The molecule has 0 amide bonds. The minimum Gasteiger partial charge on any atom is -0.310 e. The van der Waals surface area contributed by atoms with Gasteiger partial charge in [0, 0.05) is 33.3 Å². The van der Waals surface area contributed by atoms with Gasteiger partial charge in [-0.15, -0.1) is 0 Å². The maximum atomic E-state index is 5.19. The first-order chi connectivity index (χ1) is 30.3. The Morgan fingerprint density at radius 2 is 0.613 bits per heavy atom. The molecule has 0 unspecified atom stereocenters. The molecule has 2 aliphatic heterocycles. The molecule has 0 spiro atoms. The van der Waals surface area contributed by atoms with Crippen LogP contribution in [0.4, 0.5) is 34.1 Å². The summed E-state index contributed by atoms with van der Waals surface area (Å²) in [7, 11) is 0. The van der Waals surface area contributed by atoms with Crippen molar-refractivity contribution in [3.05, 3.63) is 235 Å². The van der Waals surface area contributed by atoms with E-state index in [2.05, 4.69) is 250 Å². The Hall–Kier alpha value is -7.49. The van der Waals surface area contributed by atoms with Gasteiger partial charge in [0.15, 0.2) is 0 Å². The van der Waals surface area contributed by atoms with Crippen molar-refractivity contribution in [3.63, 3.8) is 0 Å². The first-order valence-electron chi connectivity index (χ1n) is 21.6. The average molecular weight is 798 g/mol. The quantitative estimate of drug-likeness (QED) is 0.167. The van der Waals surface area contributed by atoms with E-state index in [0.717, 1.165) is 56.1 Å². The summed E-state index contributed by atoms with van der Waals surface area (Å²) in [6.07, 6.45) is 0. The number of nitrogens with zero attached hydrogens (tertiary/aromatic N) is 3. The highest BCUT2D eigenvalue weighted by molar-refractivity contribution is 5.93. The second-order valence-electron chi connectivity index (χ2n) is 17.7. The van der Waals surface area contributed by atoms with Crippen molar-refractivity contribution in [1.82, 2.24) is 4.98 Å². The van der Waals surface area contributed by atoms with Crippen LogP contribution in [0.2, 0.25) is 0 Å². The monoisotopic (exact) mass is 797 g/mol. The predicted molar refractivity (Wildman–Crippen MR) is 260 cm³/mol. The van der Waals surface area contributed by atoms with Gasteiger partial charge >= 0.3 is 0 Å². The summed E-state index contributed by atoms with van der Waals surface area (Å²) in [5.41, 5.74) is 20.6. The molecule has 1 aromatic heterocycles. The van der Waals surface area contributed by atoms with Crippen LogP contribution in [0.3, 0.4) is 0 Å². The highest BCUT2D eigenvalue weighted by Gasteiger charge is 2.39. The third kappa shape index (κ3) is 6.15. The van der Waals surface area contributed by atoms with Gasteiger partial charge in [0.2, 0.25) is 0 Å². The standard InChI is InChI=1S/C59H47N3/c1-58(2)48-26-11-15-30-54(48)61(55-31-16-12-27-49(55)58)46-35-44(36-47(39-46)62-56-32-17-13-28-50(56)59(3,4)51-29-14-18-33-57(51)62)42-24-19-25-43(34-42)45-37-52(40-20-7-5-8-21-40)60-53(38-45)41-22-9-6-10-23-41/h5-39H,1-4H3. The molecule has 0 fully saturated rings. The number of aromatic nitrogens is 1. The molecule has 298 valence electrons. The summed E-state index contributed by atoms with van der Waals surface area (Å²) in [5, 5.41) is 0. The molecule has 0 saturated carbocycles. The number of pyridine rings is 1. The first-order valence-corrected chi connectivity index (χ1v) is 21.6. The van der Waals surface area contributed by atoms with Crippen molar-refractivity contribution in [2.45, 2.75) is 38.5 Å². The van der Waals surface area contributed by atoms with E-state index in [9.17, 15) is 0 Å². The van der Waals surface area contributed by atoms with E-state index in [0.29, 0.717) is 0 Å². The lowest BCUT2D eigenvalue weighted by atomic mass is 9.73. The molecule has 3 heteroatoms. The molecule has 0 aliphatic carbocycles. The van der Waals surface area contributed by atoms with E-state index in [4.69, 9.17) is 4.98 Å². The zero-order valence-electron chi connectivity index (χ0n) is 35.5. The van der Waals surface area contributed by atoms with Crippen LogP contribution in [0.15, 0.2) is 212 Å². The van der Waals surface area contributed by atoms with Gasteiger partial charge in [-0.1, -0.05) is 179 Å². The molecular weight excluding hydrogens is 751 g/mol. The largest absolute Gasteiger partial charge is 0.310 e. The number of fused-ring (bicyclic) bond motifs is 4. The fourth-order valence-electron chi connectivity index (χ4n) is 10.0. The Morgan fingerprint density at radius 1 is 0.290 bits per heavy atom. The van der Waals surface area contributed by atoms with Crippen LogP contribution in [0.5, 0.6) is 0 Å². The summed E-state index contributed by atoms with van der Waals surface area (Å²) < 4.78 is 0. The zero-order valence-corrected chi connectivity index (χ0v) is 35.5. The maximum absolute atomic E-state index is 5.19. The normalized spacial score (nSPS) is 14.3. The van der Waals surface area contributed by atoms with E-state index in [-0.39, 0.29) is 10.8 Å². The molecule has 11 rings (SSSR count). The molecule has 0 saturated heterocycles. The lowest BCUT2D eigenvalue weighted by molar-refractivity contribution is 0.631. The van der Waals surface area contributed by atoms with Crippen LogP contribution in [0.25, 0.3) is 44.8 Å². The molecule has 9 aromatic rings. The minimum atomic E-state index is -0.170. The van der Waals surface area contributed by atoms with Gasteiger partial charge in [0.25, 0.3) is 0 Å². The summed E-state index contributed by atoms with van der Waals surface area (Å²) in [4.78, 5) is 10.2. The molecule has 0 atom stereocenters. The van der Waals surface area contributed by atoms with Crippen molar-refractivity contribution in [1.29, 1.82) is 0 Å². The van der Waals surface area contributed by atoms with Gasteiger partial charge in [0.1, 0.15) is 0 Å². The Bertz CT molecular complexity index is 2860. The predicted octanol–water partition coefficient (Wildman–Crippen LogP) is 16.0. The van der Waals surface area contributed by atoms with Crippen molar-refractivity contribution in [2.75, 3.05) is 9.80 Å². The number of rotatable bonds is 6. The van der Waals surface area contributed by atoms with Gasteiger partial charge < -0.3 is 9.80 Å². The lowest BCUT2D eigenvalue weighted by Crippen LogP contribution is -2.31. The second kappa shape index (κ2) is 14.6. The maximum Gasteiger partial charge on any atom is 0.0715 e. The van der Waals surface area contributed by atoms with Crippen LogP contribution >= 0.6 is 0 Å². The van der Waals surface area contributed by atoms with Crippen LogP contribution in [0, 0.1) is 0 Å². The van der Waals surface area contributed by atoms with E-state index in [1.165, 1.54) is 45.0 Å². The molecule has 0 N–H and O–H groups in total. The smallest absolute Gasteiger partial charge is 0.0715 e.